The molecule has 0 aliphatic carbocycles. The van der Waals surface area contributed by atoms with E-state index in [4.69, 9.17) is 21.6 Å². The van der Waals surface area contributed by atoms with Gasteiger partial charge in [-0.25, -0.2) is 8.42 Å². The molecule has 7 heteroatoms. The van der Waals surface area contributed by atoms with E-state index in [-0.39, 0.29) is 9.92 Å². The van der Waals surface area contributed by atoms with Gasteiger partial charge in [-0.1, -0.05) is 17.7 Å². The first-order valence-electron chi connectivity index (χ1n) is 6.41. The average Bonchev–Trinajstić information content (AvgIpc) is 2.49. The number of hydrogen-bond acceptors (Lipinski definition) is 4. The van der Waals surface area contributed by atoms with Crippen molar-refractivity contribution in [2.24, 2.45) is 0 Å². The van der Waals surface area contributed by atoms with E-state index in [9.17, 15) is 8.42 Å². The molecule has 1 N–H and O–H groups in total. The number of nitrogens with one attached hydrogen (secondary N) is 1. The standard InChI is InChI=1S/C15H13ClN2O3S/c1-2-21-15-7-6-13(9-14(15)16)22(19,20)18-12-5-3-4-11(8-12)10-17/h3-9,18H,2H2,1H3. The van der Waals surface area contributed by atoms with E-state index in [2.05, 4.69) is 4.72 Å². The van der Waals surface area contributed by atoms with Crippen LogP contribution in [0.3, 0.4) is 0 Å². The molecule has 0 saturated carbocycles. The van der Waals surface area contributed by atoms with Gasteiger partial charge in [0.2, 0.25) is 0 Å². The van der Waals surface area contributed by atoms with Gasteiger partial charge in [-0.05, 0) is 43.3 Å². The topological polar surface area (TPSA) is 79.2 Å². The molecule has 0 aliphatic rings. The number of ether oxygens (including phenoxy) is 1. The smallest absolute Gasteiger partial charge is 0.261 e. The van der Waals surface area contributed by atoms with Gasteiger partial charge in [-0.2, -0.15) is 5.26 Å². The minimum absolute atomic E-state index is 0.0170. The maximum Gasteiger partial charge on any atom is 0.261 e. The molecule has 0 bridgehead atoms. The first kappa shape index (κ1) is 16.1. The van der Waals surface area contributed by atoms with Gasteiger partial charge in [0.1, 0.15) is 5.75 Å². The van der Waals surface area contributed by atoms with Gasteiger partial charge in [-0.3, -0.25) is 4.72 Å². The number of nitrogens with zero attached hydrogens (tertiary/aromatic N) is 1. The van der Waals surface area contributed by atoms with Crippen LogP contribution in [0.15, 0.2) is 47.4 Å². The quantitative estimate of drug-likeness (QED) is 0.907. The predicted octanol–water partition coefficient (Wildman–Crippen LogP) is 3.41. The lowest BCUT2D eigenvalue weighted by atomic mass is 10.2. The molecule has 0 aliphatic heterocycles. The Morgan fingerprint density at radius 3 is 2.68 bits per heavy atom. The highest BCUT2D eigenvalue weighted by atomic mass is 35.5. The van der Waals surface area contributed by atoms with Crippen LogP contribution in [0.5, 0.6) is 5.75 Å². The van der Waals surface area contributed by atoms with E-state index < -0.39 is 10.0 Å². The molecule has 22 heavy (non-hydrogen) atoms. The Balaban J connectivity index is 2.30. The number of rotatable bonds is 5. The molecule has 0 fully saturated rings. The summed E-state index contributed by atoms with van der Waals surface area (Å²) in [5.74, 6) is 0.426. The average molecular weight is 337 g/mol. The van der Waals surface area contributed by atoms with Crippen molar-refractivity contribution in [3.05, 3.63) is 53.1 Å². The summed E-state index contributed by atoms with van der Waals surface area (Å²) in [6.07, 6.45) is 0. The van der Waals surface area contributed by atoms with Crippen molar-refractivity contribution in [1.29, 1.82) is 5.26 Å². The highest BCUT2D eigenvalue weighted by Crippen LogP contribution is 2.28. The lowest BCUT2D eigenvalue weighted by molar-refractivity contribution is 0.340. The molecule has 0 amide bonds. The van der Waals surface area contributed by atoms with E-state index >= 15 is 0 Å². The summed E-state index contributed by atoms with van der Waals surface area (Å²) in [4.78, 5) is 0.0170. The zero-order chi connectivity index (χ0) is 16.2. The zero-order valence-electron chi connectivity index (χ0n) is 11.7. The molecule has 2 rings (SSSR count). The van der Waals surface area contributed by atoms with Gasteiger partial charge in [0.15, 0.2) is 0 Å². The van der Waals surface area contributed by atoms with E-state index in [1.807, 2.05) is 13.0 Å². The van der Waals surface area contributed by atoms with Crippen LogP contribution in [-0.2, 0) is 10.0 Å². The van der Waals surface area contributed by atoms with E-state index in [0.717, 1.165) is 0 Å². The Kier molecular flexibility index (Phi) is 4.91. The molecular weight excluding hydrogens is 324 g/mol. The molecule has 5 nitrogen and oxygen atoms in total. The minimum Gasteiger partial charge on any atom is -0.492 e. The van der Waals surface area contributed by atoms with Crippen molar-refractivity contribution >= 4 is 27.3 Å². The fourth-order valence-electron chi connectivity index (χ4n) is 1.79. The molecule has 0 aromatic heterocycles. The van der Waals surface area contributed by atoms with Gasteiger partial charge in [0, 0.05) is 0 Å². The number of sulfonamides is 1. The van der Waals surface area contributed by atoms with Crippen LogP contribution in [0.2, 0.25) is 5.02 Å². The Bertz CT molecular complexity index is 829. The molecule has 0 spiro atoms. The Morgan fingerprint density at radius 1 is 1.27 bits per heavy atom. The number of halogens is 1. The van der Waals surface area contributed by atoms with Gasteiger partial charge in [-0.15, -0.1) is 0 Å². The lowest BCUT2D eigenvalue weighted by Gasteiger charge is -2.10. The summed E-state index contributed by atoms with van der Waals surface area (Å²) in [7, 11) is -3.79. The third-order valence-electron chi connectivity index (χ3n) is 2.76. The Labute approximate surface area is 134 Å². The fourth-order valence-corrected chi connectivity index (χ4v) is 3.16. The number of benzene rings is 2. The molecule has 0 heterocycles. The van der Waals surface area contributed by atoms with Crippen LogP contribution in [0.4, 0.5) is 5.69 Å². The van der Waals surface area contributed by atoms with Gasteiger partial charge >= 0.3 is 0 Å². The first-order valence-corrected chi connectivity index (χ1v) is 8.27. The summed E-state index contributed by atoms with van der Waals surface area (Å²) in [6.45, 7) is 2.25. The molecule has 0 unspecified atom stereocenters. The maximum absolute atomic E-state index is 12.3. The molecule has 114 valence electrons. The zero-order valence-corrected chi connectivity index (χ0v) is 13.3. The maximum atomic E-state index is 12.3. The monoisotopic (exact) mass is 336 g/mol. The van der Waals surface area contributed by atoms with Crippen LogP contribution in [0, 0.1) is 11.3 Å². The highest BCUT2D eigenvalue weighted by Gasteiger charge is 2.16. The normalized spacial score (nSPS) is 10.8. The lowest BCUT2D eigenvalue weighted by Crippen LogP contribution is -2.13. The van der Waals surface area contributed by atoms with Crippen molar-refractivity contribution < 1.29 is 13.2 Å². The van der Waals surface area contributed by atoms with E-state index in [1.165, 1.54) is 24.3 Å². The number of hydrogen-bond donors (Lipinski definition) is 1. The van der Waals surface area contributed by atoms with Crippen LogP contribution < -0.4 is 9.46 Å². The fraction of sp³-hybridized carbons (Fsp3) is 0.133. The first-order chi connectivity index (χ1) is 10.5. The molecule has 0 atom stereocenters. The van der Waals surface area contributed by atoms with Gasteiger partial charge in [0.05, 0.1) is 33.8 Å². The molecule has 0 saturated heterocycles. The van der Waals surface area contributed by atoms with Gasteiger partial charge < -0.3 is 4.74 Å². The SMILES string of the molecule is CCOc1ccc(S(=O)(=O)Nc2cccc(C#N)c2)cc1Cl. The summed E-state index contributed by atoms with van der Waals surface area (Å²) < 4.78 is 32.3. The van der Waals surface area contributed by atoms with Crippen LogP contribution >= 0.6 is 11.6 Å². The third-order valence-corrected chi connectivity index (χ3v) is 4.43. The molecule has 2 aromatic rings. The summed E-state index contributed by atoms with van der Waals surface area (Å²) in [5.41, 5.74) is 0.675. The van der Waals surface area contributed by atoms with Crippen molar-refractivity contribution in [2.45, 2.75) is 11.8 Å². The van der Waals surface area contributed by atoms with E-state index in [0.29, 0.717) is 23.6 Å². The van der Waals surface area contributed by atoms with Crippen LogP contribution in [0.25, 0.3) is 0 Å². The summed E-state index contributed by atoms with van der Waals surface area (Å²) >= 11 is 6.00. The third kappa shape index (κ3) is 3.70. The summed E-state index contributed by atoms with van der Waals surface area (Å²) in [6, 6.07) is 12.4. The molecule has 0 radical (unpaired) electrons. The van der Waals surface area contributed by atoms with Crippen LogP contribution in [-0.4, -0.2) is 15.0 Å². The minimum atomic E-state index is -3.79. The second-order valence-electron chi connectivity index (χ2n) is 4.32. The molecular formula is C15H13ClN2O3S. The number of anilines is 1. The highest BCUT2D eigenvalue weighted by molar-refractivity contribution is 7.92. The summed E-state index contributed by atoms with van der Waals surface area (Å²) in [5, 5.41) is 9.05. The van der Waals surface area contributed by atoms with Gasteiger partial charge in [0.25, 0.3) is 10.0 Å². The second-order valence-corrected chi connectivity index (χ2v) is 6.41. The van der Waals surface area contributed by atoms with Crippen molar-refractivity contribution in [1.82, 2.24) is 0 Å². The van der Waals surface area contributed by atoms with Crippen molar-refractivity contribution in [3.63, 3.8) is 0 Å². The van der Waals surface area contributed by atoms with E-state index in [1.54, 1.807) is 18.2 Å². The van der Waals surface area contributed by atoms with Crippen molar-refractivity contribution in [2.75, 3.05) is 11.3 Å². The van der Waals surface area contributed by atoms with Crippen LogP contribution in [0.1, 0.15) is 12.5 Å². The second kappa shape index (κ2) is 6.69. The molecule has 2 aromatic carbocycles. The Hall–Kier alpha value is -2.23. The largest absolute Gasteiger partial charge is 0.492 e. The van der Waals surface area contributed by atoms with Crippen molar-refractivity contribution in [3.8, 4) is 11.8 Å². The number of nitriles is 1. The predicted molar refractivity (Wildman–Crippen MR) is 84.6 cm³/mol. The Morgan fingerprint density at radius 2 is 2.05 bits per heavy atom.